The van der Waals surface area contributed by atoms with Crippen molar-refractivity contribution >= 4 is 75.5 Å². The van der Waals surface area contributed by atoms with Crippen LogP contribution in [-0.4, -0.2) is 107 Å². The third-order valence-corrected chi connectivity index (χ3v) is 11.1. The Bertz CT molecular complexity index is 1230. The summed E-state index contributed by atoms with van der Waals surface area (Å²) in [6, 6.07) is 0. The normalized spacial score (nSPS) is 21.4. The number of carbonyl (C=O) groups is 6. The Morgan fingerprint density at radius 3 is 1.39 bits per heavy atom. The topological polar surface area (TPSA) is 243 Å². The molecule has 3 N–H and O–H groups in total. The van der Waals surface area contributed by atoms with E-state index in [2.05, 4.69) is 28.7 Å². The molecule has 7 atom stereocenters. The second-order valence-corrected chi connectivity index (χ2v) is 15.5. The molecule has 18 heteroatoms. The molecule has 2 fully saturated rings. The number of rotatable bonds is 22. The number of ether oxygens (including phenoxy) is 2. The van der Waals surface area contributed by atoms with E-state index in [-0.39, 0.29) is 54.6 Å². The first kappa shape index (κ1) is 51.7. The minimum absolute atomic E-state index is 0. The average molecular weight is 805 g/mol. The van der Waals surface area contributed by atoms with Gasteiger partial charge in [0.25, 0.3) is 10.1 Å². The Hall–Kier alpha value is -2.31. The third kappa shape index (κ3) is 19.5. The van der Waals surface area contributed by atoms with E-state index in [1.54, 1.807) is 0 Å². The summed E-state index contributed by atoms with van der Waals surface area (Å²) >= 11 is 0. The molecular weight excluding hydrogens is 743 g/mol. The SMILES string of the molecule is CCCCC(CC)COC(=O)CC(C(=O)OCC(CC)CCCC)S(=O)(=O)O.O=C(O)C1CCCCC1C(=O)OOOC(=O)C1CCCCC1C(=O)O.[NaH]. The number of carbonyl (C=O) groups excluding carboxylic acids is 4. The molecule has 0 aromatic heterocycles. The van der Waals surface area contributed by atoms with Gasteiger partial charge in [0.15, 0.2) is 5.25 Å². The predicted octanol–water partition coefficient (Wildman–Crippen LogP) is 5.21. The number of carboxylic acid groups (broad SMARTS) is 2. The quantitative estimate of drug-likeness (QED) is 0.0418. The molecule has 0 amide bonds. The Morgan fingerprint density at radius 2 is 1.04 bits per heavy atom. The molecule has 2 aliphatic rings. The molecule has 0 bridgehead atoms. The molecular formula is C36H61NaO16S. The zero-order valence-electron chi connectivity index (χ0n) is 31.5. The van der Waals surface area contributed by atoms with Crippen LogP contribution in [0, 0.1) is 35.5 Å². The second kappa shape index (κ2) is 28.1. The summed E-state index contributed by atoms with van der Waals surface area (Å²) < 4.78 is 42.8. The van der Waals surface area contributed by atoms with Gasteiger partial charge in [0, 0.05) is 5.04 Å². The Morgan fingerprint density at radius 1 is 0.648 bits per heavy atom. The van der Waals surface area contributed by atoms with Gasteiger partial charge in [0.2, 0.25) is 0 Å². The summed E-state index contributed by atoms with van der Waals surface area (Å²) in [5, 5.41) is 20.6. The van der Waals surface area contributed by atoms with Gasteiger partial charge in [-0.2, -0.15) is 8.42 Å². The number of unbranched alkanes of at least 4 members (excludes halogenated alkanes) is 2. The number of hydrogen-bond donors (Lipinski definition) is 3. The van der Waals surface area contributed by atoms with Gasteiger partial charge >= 0.3 is 65.4 Å². The van der Waals surface area contributed by atoms with Crippen molar-refractivity contribution in [3.05, 3.63) is 0 Å². The molecule has 0 heterocycles. The first-order valence-electron chi connectivity index (χ1n) is 18.9. The number of aliphatic carboxylic acids is 2. The molecule has 16 nitrogen and oxygen atoms in total. The van der Waals surface area contributed by atoms with Gasteiger partial charge in [-0.15, -0.1) is 0 Å². The van der Waals surface area contributed by atoms with Crippen LogP contribution in [0.1, 0.15) is 137 Å². The zero-order valence-corrected chi connectivity index (χ0v) is 32.4. The van der Waals surface area contributed by atoms with E-state index in [0.29, 0.717) is 38.5 Å². The van der Waals surface area contributed by atoms with Crippen molar-refractivity contribution in [3.63, 3.8) is 0 Å². The standard InChI is InChI=1S/C20H38O7S.C16H22O9.Na.H/c1-5-9-11-16(7-3)14-26-19(21)13-18(28(23,24)25)20(22)27-15-17(8-4)12-10-6-2;17-13(18)9-5-1-3-7-11(9)15(21)23-25-24-16(22)12-8-4-2-6-10(12)14(19)20;;/h16-18H,5-15H2,1-4H3,(H,23,24,25);9-12H,1-8H2,(H,17,18)(H,19,20);;. The summed E-state index contributed by atoms with van der Waals surface area (Å²) in [6.45, 7) is 8.35. The number of hydrogen-bond acceptors (Lipinski definition) is 13. The molecule has 0 saturated heterocycles. The first-order chi connectivity index (χ1) is 25.1. The maximum absolute atomic E-state index is 12.2. The zero-order chi connectivity index (χ0) is 40.0. The van der Waals surface area contributed by atoms with E-state index in [4.69, 9.17) is 19.7 Å². The molecule has 7 unspecified atom stereocenters. The third-order valence-electron chi connectivity index (χ3n) is 10.0. The van der Waals surface area contributed by atoms with Gasteiger partial charge in [-0.3, -0.25) is 33.5 Å². The molecule has 0 spiro atoms. The van der Waals surface area contributed by atoms with Crippen molar-refractivity contribution in [2.45, 2.75) is 142 Å². The molecule has 0 radical (unpaired) electrons. The predicted molar refractivity (Wildman–Crippen MR) is 195 cm³/mol. The van der Waals surface area contributed by atoms with Crippen LogP contribution in [0.5, 0.6) is 0 Å². The summed E-state index contributed by atoms with van der Waals surface area (Å²) in [7, 11) is -4.76. The van der Waals surface area contributed by atoms with Crippen LogP contribution in [-0.2, 0) is 63.2 Å². The van der Waals surface area contributed by atoms with Gasteiger partial charge in [0.1, 0.15) is 0 Å². The van der Waals surface area contributed by atoms with E-state index >= 15 is 0 Å². The summed E-state index contributed by atoms with van der Waals surface area (Å²) in [5.41, 5.74) is 0. The molecule has 54 heavy (non-hydrogen) atoms. The number of esters is 2. The van der Waals surface area contributed by atoms with Crippen LogP contribution >= 0.6 is 0 Å². The van der Waals surface area contributed by atoms with Crippen molar-refractivity contribution in [2.24, 2.45) is 35.5 Å². The maximum atomic E-state index is 12.2. The van der Waals surface area contributed by atoms with E-state index in [0.717, 1.165) is 64.2 Å². The van der Waals surface area contributed by atoms with Gasteiger partial charge in [-0.05, 0) is 50.4 Å². The number of carboxylic acids is 2. The molecule has 2 saturated carbocycles. The van der Waals surface area contributed by atoms with Gasteiger partial charge in [0.05, 0.1) is 43.3 Å². The van der Waals surface area contributed by atoms with Crippen LogP contribution in [0.25, 0.3) is 0 Å². The van der Waals surface area contributed by atoms with E-state index in [1.165, 1.54) is 0 Å². The van der Waals surface area contributed by atoms with E-state index in [9.17, 15) is 41.7 Å². The summed E-state index contributed by atoms with van der Waals surface area (Å²) in [5.74, 6) is -8.99. The Kier molecular flexibility index (Phi) is 26.9. The van der Waals surface area contributed by atoms with Crippen LogP contribution < -0.4 is 0 Å². The fourth-order valence-electron chi connectivity index (χ4n) is 6.45. The van der Waals surface area contributed by atoms with Crippen molar-refractivity contribution in [1.29, 1.82) is 0 Å². The van der Waals surface area contributed by atoms with Crippen LogP contribution in [0.15, 0.2) is 0 Å². The fourth-order valence-corrected chi connectivity index (χ4v) is 7.10. The molecule has 0 aromatic rings. The molecule has 0 aliphatic heterocycles. The van der Waals surface area contributed by atoms with Crippen molar-refractivity contribution < 1.29 is 76.2 Å². The van der Waals surface area contributed by atoms with Gasteiger partial charge in [-0.1, -0.05) is 91.9 Å². The second-order valence-electron chi connectivity index (χ2n) is 13.9. The van der Waals surface area contributed by atoms with Crippen molar-refractivity contribution in [1.82, 2.24) is 0 Å². The van der Waals surface area contributed by atoms with Crippen molar-refractivity contribution in [2.75, 3.05) is 13.2 Å². The molecule has 0 aromatic carbocycles. The van der Waals surface area contributed by atoms with E-state index in [1.807, 2.05) is 13.8 Å². The van der Waals surface area contributed by atoms with E-state index < -0.39 is 81.3 Å². The van der Waals surface area contributed by atoms with Gasteiger partial charge < -0.3 is 19.7 Å². The monoisotopic (exact) mass is 804 g/mol. The van der Waals surface area contributed by atoms with Crippen LogP contribution in [0.2, 0.25) is 0 Å². The van der Waals surface area contributed by atoms with Crippen LogP contribution in [0.4, 0.5) is 0 Å². The Balaban J connectivity index is 0.00000103. The molecule has 308 valence electrons. The Labute approximate surface area is 341 Å². The fraction of sp³-hybridized carbons (Fsp3) is 0.833. The molecule has 2 aliphatic carbocycles. The van der Waals surface area contributed by atoms with Gasteiger partial charge in [-0.25, -0.2) is 9.59 Å². The first-order valence-corrected chi connectivity index (χ1v) is 20.4. The summed E-state index contributed by atoms with van der Waals surface area (Å²) in [4.78, 5) is 79.3. The molecule has 2 rings (SSSR count). The minimum atomic E-state index is -4.76. The average Bonchev–Trinajstić information content (AvgIpc) is 3.13. The summed E-state index contributed by atoms with van der Waals surface area (Å²) in [6.07, 6.45) is 11.0. The van der Waals surface area contributed by atoms with Crippen LogP contribution in [0.3, 0.4) is 0 Å². The van der Waals surface area contributed by atoms with Crippen molar-refractivity contribution in [3.8, 4) is 0 Å².